The van der Waals surface area contributed by atoms with Gasteiger partial charge in [-0.25, -0.2) is 0 Å². The molecule has 0 saturated heterocycles. The summed E-state index contributed by atoms with van der Waals surface area (Å²) < 4.78 is 5.51. The molecule has 0 fully saturated rings. The van der Waals surface area contributed by atoms with E-state index in [0.29, 0.717) is 6.04 Å². The fourth-order valence-electron chi connectivity index (χ4n) is 1.67. The van der Waals surface area contributed by atoms with Crippen LogP contribution in [-0.4, -0.2) is 18.1 Å². The summed E-state index contributed by atoms with van der Waals surface area (Å²) in [4.78, 5) is 0. The first-order valence-corrected chi connectivity index (χ1v) is 6.62. The molecule has 0 saturated carbocycles. The summed E-state index contributed by atoms with van der Waals surface area (Å²) in [5.41, 5.74) is 1.25. The van der Waals surface area contributed by atoms with Crippen LogP contribution in [-0.2, 0) is 0 Å². The number of terminal acetylenes is 1. The minimum Gasteiger partial charge on any atom is -0.466 e. The topological polar surface area (TPSA) is 25.2 Å². The average Bonchev–Trinajstić information content (AvgIpc) is 2.57. The van der Waals surface area contributed by atoms with Gasteiger partial charge >= 0.3 is 0 Å². The molecule has 0 bridgehead atoms. The fourth-order valence-corrected chi connectivity index (χ4v) is 2.19. The highest BCUT2D eigenvalue weighted by Gasteiger charge is 2.11. The summed E-state index contributed by atoms with van der Waals surface area (Å²) in [7, 11) is 0. The van der Waals surface area contributed by atoms with Crippen molar-refractivity contribution in [3.05, 3.63) is 23.2 Å². The van der Waals surface area contributed by atoms with Crippen LogP contribution in [0.3, 0.4) is 0 Å². The van der Waals surface area contributed by atoms with Gasteiger partial charge in [0.05, 0.1) is 5.75 Å². The number of thioether (sulfide) groups is 1. The zero-order valence-electron chi connectivity index (χ0n) is 10.2. The highest BCUT2D eigenvalue weighted by Crippen LogP contribution is 2.20. The van der Waals surface area contributed by atoms with E-state index in [1.807, 2.05) is 13.8 Å². The third kappa shape index (κ3) is 3.96. The number of hydrogen-bond donors (Lipinski definition) is 1. The van der Waals surface area contributed by atoms with Crippen LogP contribution in [0.4, 0.5) is 0 Å². The van der Waals surface area contributed by atoms with Crippen LogP contribution in [0.1, 0.15) is 30.0 Å². The zero-order chi connectivity index (χ0) is 12.0. The molecule has 88 valence electrons. The van der Waals surface area contributed by atoms with E-state index in [1.165, 1.54) is 5.56 Å². The smallest absolute Gasteiger partial charge is 0.105 e. The standard InChI is InChI=1S/C13H19NOS/c1-5-7-16-8-6-14-11(3)13-9-10(2)15-12(13)4/h1,9,11,14H,6-8H2,2-4H3. The van der Waals surface area contributed by atoms with Crippen molar-refractivity contribution < 1.29 is 4.42 Å². The monoisotopic (exact) mass is 237 g/mol. The molecule has 1 rings (SSSR count). The number of rotatable bonds is 6. The maximum Gasteiger partial charge on any atom is 0.105 e. The van der Waals surface area contributed by atoms with E-state index in [1.54, 1.807) is 11.8 Å². The van der Waals surface area contributed by atoms with Gasteiger partial charge in [0, 0.05) is 23.9 Å². The normalized spacial score (nSPS) is 12.4. The lowest BCUT2D eigenvalue weighted by atomic mass is 10.1. The number of aryl methyl sites for hydroxylation is 2. The highest BCUT2D eigenvalue weighted by atomic mass is 32.2. The third-order valence-electron chi connectivity index (χ3n) is 2.43. The minimum absolute atomic E-state index is 0.337. The van der Waals surface area contributed by atoms with Crippen LogP contribution in [0, 0.1) is 26.2 Å². The van der Waals surface area contributed by atoms with Gasteiger partial charge in [0.25, 0.3) is 0 Å². The second-order valence-electron chi connectivity index (χ2n) is 3.80. The van der Waals surface area contributed by atoms with Gasteiger partial charge in [0.2, 0.25) is 0 Å². The van der Waals surface area contributed by atoms with Gasteiger partial charge in [-0.1, -0.05) is 5.92 Å². The van der Waals surface area contributed by atoms with Crippen LogP contribution in [0.5, 0.6) is 0 Å². The second-order valence-corrected chi connectivity index (χ2v) is 4.91. The van der Waals surface area contributed by atoms with Gasteiger partial charge in [0.15, 0.2) is 0 Å². The molecule has 1 N–H and O–H groups in total. The fraction of sp³-hybridized carbons (Fsp3) is 0.538. The highest BCUT2D eigenvalue weighted by molar-refractivity contribution is 7.99. The number of hydrogen-bond acceptors (Lipinski definition) is 3. The first-order valence-electron chi connectivity index (χ1n) is 5.46. The Bertz CT molecular complexity index is 364. The van der Waals surface area contributed by atoms with E-state index in [4.69, 9.17) is 10.8 Å². The molecule has 0 radical (unpaired) electrons. The van der Waals surface area contributed by atoms with E-state index >= 15 is 0 Å². The van der Waals surface area contributed by atoms with Gasteiger partial charge in [0.1, 0.15) is 11.5 Å². The molecule has 1 atom stereocenters. The number of nitrogens with one attached hydrogen (secondary N) is 1. The molecule has 1 unspecified atom stereocenters. The Kier molecular flexibility index (Phi) is 5.51. The quantitative estimate of drug-likeness (QED) is 0.608. The maximum atomic E-state index is 5.51. The lowest BCUT2D eigenvalue weighted by molar-refractivity contribution is 0.492. The maximum absolute atomic E-state index is 5.51. The summed E-state index contributed by atoms with van der Waals surface area (Å²) in [6, 6.07) is 2.44. The van der Waals surface area contributed by atoms with Crippen molar-refractivity contribution in [3.63, 3.8) is 0 Å². The molecule has 16 heavy (non-hydrogen) atoms. The summed E-state index contributed by atoms with van der Waals surface area (Å²) >= 11 is 1.78. The molecule has 0 amide bonds. The predicted molar refractivity (Wildman–Crippen MR) is 70.8 cm³/mol. The summed E-state index contributed by atoms with van der Waals surface area (Å²) in [6.45, 7) is 7.11. The average molecular weight is 237 g/mol. The second kappa shape index (κ2) is 6.67. The number of furan rings is 1. The molecule has 0 aromatic carbocycles. The predicted octanol–water partition coefficient (Wildman–Crippen LogP) is 2.91. The van der Waals surface area contributed by atoms with Crippen LogP contribution in [0.25, 0.3) is 0 Å². The molecule has 2 nitrogen and oxygen atoms in total. The van der Waals surface area contributed by atoms with Gasteiger partial charge in [-0.2, -0.15) is 0 Å². The zero-order valence-corrected chi connectivity index (χ0v) is 11.0. The first kappa shape index (κ1) is 13.2. The minimum atomic E-state index is 0.337. The van der Waals surface area contributed by atoms with E-state index in [9.17, 15) is 0 Å². The van der Waals surface area contributed by atoms with E-state index < -0.39 is 0 Å². The summed E-state index contributed by atoms with van der Waals surface area (Å²) in [5.74, 6) is 6.44. The first-order chi connectivity index (χ1) is 7.65. The molecule has 0 aliphatic heterocycles. The molecule has 1 aromatic rings. The molecule has 1 heterocycles. The summed E-state index contributed by atoms with van der Waals surface area (Å²) in [5, 5.41) is 3.46. The largest absolute Gasteiger partial charge is 0.466 e. The van der Waals surface area contributed by atoms with Gasteiger partial charge < -0.3 is 9.73 Å². The van der Waals surface area contributed by atoms with Crippen LogP contribution < -0.4 is 5.32 Å². The molecule has 0 spiro atoms. The van der Waals surface area contributed by atoms with Crippen molar-refractivity contribution in [3.8, 4) is 12.3 Å². The Labute approximate surface area is 102 Å². The van der Waals surface area contributed by atoms with Crippen LogP contribution in [0.2, 0.25) is 0 Å². The Morgan fingerprint density at radius 1 is 1.56 bits per heavy atom. The van der Waals surface area contributed by atoms with E-state index in [2.05, 4.69) is 24.2 Å². The van der Waals surface area contributed by atoms with E-state index in [-0.39, 0.29) is 0 Å². The Hall–Kier alpha value is -0.850. The molecule has 3 heteroatoms. The Balaban J connectivity index is 2.33. The van der Waals surface area contributed by atoms with Crippen molar-refractivity contribution in [1.82, 2.24) is 5.32 Å². The Morgan fingerprint density at radius 2 is 2.31 bits per heavy atom. The van der Waals surface area contributed by atoms with Crippen molar-refractivity contribution in [2.45, 2.75) is 26.8 Å². The molecular weight excluding hydrogens is 218 g/mol. The van der Waals surface area contributed by atoms with Crippen molar-refractivity contribution in [1.29, 1.82) is 0 Å². The molecule has 1 aromatic heterocycles. The van der Waals surface area contributed by atoms with E-state index in [0.717, 1.165) is 29.6 Å². The lowest BCUT2D eigenvalue weighted by Crippen LogP contribution is -2.21. The third-order valence-corrected chi connectivity index (χ3v) is 3.29. The molecule has 0 aliphatic rings. The van der Waals surface area contributed by atoms with Crippen molar-refractivity contribution in [2.75, 3.05) is 18.1 Å². The Morgan fingerprint density at radius 3 is 2.88 bits per heavy atom. The van der Waals surface area contributed by atoms with Crippen LogP contribution >= 0.6 is 11.8 Å². The molecule has 0 aliphatic carbocycles. The molecular formula is C13H19NOS. The van der Waals surface area contributed by atoms with Gasteiger partial charge in [-0.3, -0.25) is 0 Å². The SMILES string of the molecule is C#CCSCCNC(C)c1cc(C)oc1C. The van der Waals surface area contributed by atoms with Gasteiger partial charge in [-0.15, -0.1) is 18.2 Å². The summed E-state index contributed by atoms with van der Waals surface area (Å²) in [6.07, 6.45) is 5.18. The van der Waals surface area contributed by atoms with Crippen molar-refractivity contribution >= 4 is 11.8 Å². The van der Waals surface area contributed by atoms with Crippen molar-refractivity contribution in [2.24, 2.45) is 0 Å². The lowest BCUT2D eigenvalue weighted by Gasteiger charge is -2.12. The van der Waals surface area contributed by atoms with Gasteiger partial charge in [-0.05, 0) is 26.8 Å². The van der Waals surface area contributed by atoms with Crippen LogP contribution in [0.15, 0.2) is 10.5 Å².